The summed E-state index contributed by atoms with van der Waals surface area (Å²) < 4.78 is 37.0. The first-order chi connectivity index (χ1) is 5.74. The van der Waals surface area contributed by atoms with Gasteiger partial charge in [0.05, 0.1) is 6.67 Å². The van der Waals surface area contributed by atoms with Crippen LogP contribution in [0.1, 0.15) is 0 Å². The molecule has 0 aliphatic rings. The molecule has 0 aliphatic carbocycles. The Balaban J connectivity index is 2.75. The molecule has 66 valence electrons. The van der Waals surface area contributed by atoms with Gasteiger partial charge >= 0.3 is 0 Å². The molecule has 12 heavy (non-hydrogen) atoms. The van der Waals surface area contributed by atoms with Gasteiger partial charge in [-0.2, -0.15) is 0 Å². The summed E-state index contributed by atoms with van der Waals surface area (Å²) in [6.07, 6.45) is 0. The molecule has 0 fully saturated rings. The van der Waals surface area contributed by atoms with Crippen molar-refractivity contribution in [3.63, 3.8) is 0 Å². The van der Waals surface area contributed by atoms with Crippen LogP contribution in [0.5, 0.6) is 0 Å². The summed E-state index contributed by atoms with van der Waals surface area (Å²) in [4.78, 5) is 0.160. The van der Waals surface area contributed by atoms with Gasteiger partial charge in [-0.3, -0.25) is 4.39 Å². The summed E-state index contributed by atoms with van der Waals surface area (Å²) in [5.41, 5.74) is 0. The number of halogens is 3. The molecule has 0 aromatic heterocycles. The number of benzene rings is 1. The Morgan fingerprint density at radius 1 is 1.25 bits per heavy atom. The highest BCUT2D eigenvalue weighted by molar-refractivity contribution is 7.99. The van der Waals surface area contributed by atoms with Crippen LogP contribution in [0.2, 0.25) is 0 Å². The monoisotopic (exact) mass is 192 g/mol. The van der Waals surface area contributed by atoms with Crippen molar-refractivity contribution >= 4 is 11.8 Å². The van der Waals surface area contributed by atoms with Crippen molar-refractivity contribution < 1.29 is 13.2 Å². The van der Waals surface area contributed by atoms with E-state index in [9.17, 15) is 13.2 Å². The molecule has 0 bridgehead atoms. The van der Waals surface area contributed by atoms with Crippen molar-refractivity contribution in [2.24, 2.45) is 0 Å². The van der Waals surface area contributed by atoms with E-state index in [1.807, 2.05) is 0 Å². The van der Waals surface area contributed by atoms with Gasteiger partial charge in [0.2, 0.25) is 0 Å². The lowest BCUT2D eigenvalue weighted by Crippen LogP contribution is -1.86. The number of rotatable bonds is 3. The maximum atomic E-state index is 12.8. The summed E-state index contributed by atoms with van der Waals surface area (Å²) in [6, 6.07) is 3.14. The third-order valence-electron chi connectivity index (χ3n) is 1.23. The third kappa shape index (κ3) is 2.44. The summed E-state index contributed by atoms with van der Waals surface area (Å²) in [7, 11) is 0. The van der Waals surface area contributed by atoms with Crippen molar-refractivity contribution in [2.75, 3.05) is 12.4 Å². The van der Waals surface area contributed by atoms with Gasteiger partial charge in [0.15, 0.2) is 0 Å². The summed E-state index contributed by atoms with van der Waals surface area (Å²) in [5.74, 6) is -0.854. The second kappa shape index (κ2) is 4.40. The van der Waals surface area contributed by atoms with E-state index in [0.29, 0.717) is 0 Å². The summed E-state index contributed by atoms with van der Waals surface area (Å²) in [5, 5.41) is 0. The molecular weight excluding hydrogens is 185 g/mol. The largest absolute Gasteiger partial charge is 0.250 e. The zero-order valence-electron chi connectivity index (χ0n) is 6.19. The van der Waals surface area contributed by atoms with Gasteiger partial charge in [0.25, 0.3) is 0 Å². The zero-order valence-corrected chi connectivity index (χ0v) is 7.00. The Hall–Kier alpha value is -0.640. The highest BCUT2D eigenvalue weighted by Crippen LogP contribution is 2.22. The van der Waals surface area contributed by atoms with Gasteiger partial charge in [0.1, 0.15) is 11.6 Å². The Morgan fingerprint density at radius 3 is 2.67 bits per heavy atom. The molecule has 0 saturated carbocycles. The molecule has 0 heterocycles. The normalized spacial score (nSPS) is 10.2. The molecule has 0 N–H and O–H groups in total. The van der Waals surface area contributed by atoms with Gasteiger partial charge in [-0.05, 0) is 18.2 Å². The van der Waals surface area contributed by atoms with Crippen molar-refractivity contribution in [1.29, 1.82) is 0 Å². The van der Waals surface area contributed by atoms with E-state index in [2.05, 4.69) is 0 Å². The number of hydrogen-bond acceptors (Lipinski definition) is 1. The lowest BCUT2D eigenvalue weighted by molar-refractivity contribution is 0.532. The molecule has 0 unspecified atom stereocenters. The van der Waals surface area contributed by atoms with Gasteiger partial charge in [-0.25, -0.2) is 8.78 Å². The van der Waals surface area contributed by atoms with E-state index in [-0.39, 0.29) is 10.6 Å². The van der Waals surface area contributed by atoms with Crippen molar-refractivity contribution in [1.82, 2.24) is 0 Å². The van der Waals surface area contributed by atoms with Crippen molar-refractivity contribution in [3.05, 3.63) is 29.8 Å². The third-order valence-corrected chi connectivity index (χ3v) is 2.21. The van der Waals surface area contributed by atoms with Crippen LogP contribution in [0.3, 0.4) is 0 Å². The van der Waals surface area contributed by atoms with Crippen LogP contribution in [-0.4, -0.2) is 12.4 Å². The minimum Gasteiger partial charge on any atom is -0.250 e. The molecule has 0 atom stereocenters. The molecule has 0 amide bonds. The van der Waals surface area contributed by atoms with Crippen LogP contribution >= 0.6 is 11.8 Å². The number of thioether (sulfide) groups is 1. The molecule has 0 saturated heterocycles. The van der Waals surface area contributed by atoms with E-state index < -0.39 is 18.3 Å². The Morgan fingerprint density at radius 2 is 2.00 bits per heavy atom. The molecular formula is C8H7F3S. The first kappa shape index (κ1) is 9.45. The molecule has 1 aromatic carbocycles. The van der Waals surface area contributed by atoms with Crippen LogP contribution < -0.4 is 0 Å². The number of hydrogen-bond donors (Lipinski definition) is 0. The molecule has 1 aromatic rings. The van der Waals surface area contributed by atoms with E-state index in [4.69, 9.17) is 0 Å². The topological polar surface area (TPSA) is 0 Å². The minimum atomic E-state index is -0.541. The molecule has 1 rings (SSSR count). The maximum absolute atomic E-state index is 12.8. The van der Waals surface area contributed by atoms with E-state index in [1.54, 1.807) is 0 Å². The molecule has 0 spiro atoms. The first-order valence-electron chi connectivity index (χ1n) is 3.38. The highest BCUT2D eigenvalue weighted by atomic mass is 32.2. The second-order valence-corrected chi connectivity index (χ2v) is 3.25. The zero-order chi connectivity index (χ0) is 8.97. The lowest BCUT2D eigenvalue weighted by Gasteiger charge is -1.99. The smallest absolute Gasteiger partial charge is 0.136 e. The molecule has 0 aliphatic heterocycles. The van der Waals surface area contributed by atoms with E-state index in [0.717, 1.165) is 30.0 Å². The second-order valence-electron chi connectivity index (χ2n) is 2.11. The first-order valence-corrected chi connectivity index (χ1v) is 4.36. The Kier molecular flexibility index (Phi) is 3.47. The van der Waals surface area contributed by atoms with Crippen LogP contribution in [0.15, 0.2) is 23.1 Å². The van der Waals surface area contributed by atoms with Crippen LogP contribution in [-0.2, 0) is 0 Å². The fraction of sp³-hybridized carbons (Fsp3) is 0.250. The average Bonchev–Trinajstić information content (AvgIpc) is 2.07. The Labute approximate surface area is 72.8 Å². The van der Waals surface area contributed by atoms with Crippen molar-refractivity contribution in [2.45, 2.75) is 4.90 Å². The SMILES string of the molecule is FCCSc1cc(F)ccc1F. The van der Waals surface area contributed by atoms with Crippen molar-refractivity contribution in [3.8, 4) is 0 Å². The van der Waals surface area contributed by atoms with E-state index in [1.165, 1.54) is 0 Å². The predicted molar refractivity (Wildman–Crippen MR) is 43.1 cm³/mol. The van der Waals surface area contributed by atoms with Crippen LogP contribution in [0, 0.1) is 11.6 Å². The molecule has 4 heteroatoms. The average molecular weight is 192 g/mol. The number of alkyl halides is 1. The fourth-order valence-corrected chi connectivity index (χ4v) is 1.44. The fourth-order valence-electron chi connectivity index (χ4n) is 0.736. The van der Waals surface area contributed by atoms with Crippen LogP contribution in [0.25, 0.3) is 0 Å². The minimum absolute atomic E-state index is 0.153. The highest BCUT2D eigenvalue weighted by Gasteiger charge is 2.03. The summed E-state index contributed by atoms with van der Waals surface area (Å²) in [6.45, 7) is -0.541. The van der Waals surface area contributed by atoms with Gasteiger partial charge in [-0.1, -0.05) is 0 Å². The Bertz CT molecular complexity index is 262. The van der Waals surface area contributed by atoms with E-state index >= 15 is 0 Å². The van der Waals surface area contributed by atoms with Gasteiger partial charge in [0, 0.05) is 10.6 Å². The standard InChI is InChI=1S/C8H7F3S/c9-3-4-12-8-5-6(10)1-2-7(8)11/h1-2,5H,3-4H2. The molecule has 0 radical (unpaired) electrons. The van der Waals surface area contributed by atoms with Gasteiger partial charge < -0.3 is 0 Å². The molecule has 0 nitrogen and oxygen atoms in total. The maximum Gasteiger partial charge on any atom is 0.136 e. The van der Waals surface area contributed by atoms with Gasteiger partial charge in [-0.15, -0.1) is 11.8 Å². The quantitative estimate of drug-likeness (QED) is 0.663. The summed E-state index contributed by atoms with van der Waals surface area (Å²) >= 11 is 0.971. The van der Waals surface area contributed by atoms with Crippen LogP contribution in [0.4, 0.5) is 13.2 Å². The lowest BCUT2D eigenvalue weighted by atomic mass is 10.3. The predicted octanol–water partition coefficient (Wildman–Crippen LogP) is 3.03.